The van der Waals surface area contributed by atoms with Crippen molar-refractivity contribution in [2.45, 2.75) is 51.9 Å². The van der Waals surface area contributed by atoms with E-state index in [0.29, 0.717) is 31.3 Å². The van der Waals surface area contributed by atoms with Crippen molar-refractivity contribution in [3.8, 4) is 0 Å². The summed E-state index contributed by atoms with van der Waals surface area (Å²) in [5, 5.41) is 0. The molecule has 2 aromatic carbocycles. The maximum Gasteiger partial charge on any atom is 0.227 e. The van der Waals surface area contributed by atoms with E-state index in [1.54, 1.807) is 0 Å². The highest BCUT2D eigenvalue weighted by Crippen LogP contribution is 2.53. The molecule has 2 aromatic rings. The van der Waals surface area contributed by atoms with Gasteiger partial charge >= 0.3 is 0 Å². The molecule has 4 rings (SSSR count). The van der Waals surface area contributed by atoms with Crippen LogP contribution in [0, 0.1) is 12.8 Å². The van der Waals surface area contributed by atoms with E-state index in [2.05, 4.69) is 25.1 Å². The Morgan fingerprint density at radius 3 is 2.41 bits per heavy atom. The van der Waals surface area contributed by atoms with Gasteiger partial charge in [-0.05, 0) is 61.8 Å². The molecule has 1 fully saturated rings. The molecule has 2 aliphatic rings. The van der Waals surface area contributed by atoms with E-state index < -0.39 is 7.37 Å². The molecule has 0 radical (unpaired) electrons. The van der Waals surface area contributed by atoms with Gasteiger partial charge in [-0.1, -0.05) is 42.0 Å². The molecular weight excluding hydrogens is 381 g/mol. The first-order valence-corrected chi connectivity index (χ1v) is 12.7. The summed E-state index contributed by atoms with van der Waals surface area (Å²) in [6.45, 7) is 5.24. The van der Waals surface area contributed by atoms with Crippen molar-refractivity contribution >= 4 is 19.0 Å². The molecule has 4 nitrogen and oxygen atoms in total. The van der Waals surface area contributed by atoms with Crippen LogP contribution in [-0.2, 0) is 32.6 Å². The van der Waals surface area contributed by atoms with Gasteiger partial charge in [-0.25, -0.2) is 0 Å². The number of aryl methyl sites for hydroxylation is 2. The van der Waals surface area contributed by atoms with Gasteiger partial charge in [-0.15, -0.1) is 0 Å². The zero-order valence-corrected chi connectivity index (χ0v) is 18.3. The molecule has 1 atom stereocenters. The van der Waals surface area contributed by atoms with Gasteiger partial charge in [0.15, 0.2) is 0 Å². The van der Waals surface area contributed by atoms with Crippen LogP contribution in [0.3, 0.4) is 0 Å². The van der Waals surface area contributed by atoms with Gasteiger partial charge < -0.3 is 9.42 Å². The fourth-order valence-electron chi connectivity index (χ4n) is 4.10. The highest BCUT2D eigenvalue weighted by atomic mass is 31.2. The normalized spacial score (nSPS) is 18.4. The summed E-state index contributed by atoms with van der Waals surface area (Å²) in [6, 6.07) is 14.4. The zero-order chi connectivity index (χ0) is 20.4. The molecule has 5 heteroatoms. The van der Waals surface area contributed by atoms with Crippen LogP contribution in [0.4, 0.5) is 5.69 Å². The Morgan fingerprint density at radius 2 is 1.72 bits per heavy atom. The topological polar surface area (TPSA) is 46.6 Å². The number of fused-ring (bicyclic) bond motifs is 1. The van der Waals surface area contributed by atoms with Crippen LogP contribution in [0.1, 0.15) is 48.4 Å². The SMILES string of the molecule is CCOP(=O)(Cc1ccc(C)cc1)Cc1ccc2c(c1)CCC(=O)N2CC1CC1. The minimum absolute atomic E-state index is 0.233. The second-order valence-electron chi connectivity index (χ2n) is 8.44. The van der Waals surface area contributed by atoms with Crippen LogP contribution in [0.15, 0.2) is 42.5 Å². The van der Waals surface area contributed by atoms with E-state index in [9.17, 15) is 9.36 Å². The largest absolute Gasteiger partial charge is 0.328 e. The minimum Gasteiger partial charge on any atom is -0.328 e. The number of hydrogen-bond acceptors (Lipinski definition) is 3. The summed E-state index contributed by atoms with van der Waals surface area (Å²) < 4.78 is 19.4. The van der Waals surface area contributed by atoms with Gasteiger partial charge in [-0.2, -0.15) is 0 Å². The van der Waals surface area contributed by atoms with Crippen molar-refractivity contribution in [1.29, 1.82) is 0 Å². The molecule has 154 valence electrons. The molecule has 1 heterocycles. The van der Waals surface area contributed by atoms with Crippen LogP contribution in [-0.4, -0.2) is 19.1 Å². The number of hydrogen-bond donors (Lipinski definition) is 0. The Labute approximate surface area is 173 Å². The van der Waals surface area contributed by atoms with Crippen molar-refractivity contribution in [2.24, 2.45) is 5.92 Å². The standard InChI is InChI=1S/C24H30NO3P/c1-3-28-29(27,16-20-6-4-18(2)5-7-20)17-21-10-12-23-22(14-21)11-13-24(26)25(23)15-19-8-9-19/h4-7,10,12,14,19H,3,8-9,11,13,15-17H2,1-2H3. The van der Waals surface area contributed by atoms with E-state index >= 15 is 0 Å². The smallest absolute Gasteiger partial charge is 0.227 e. The molecule has 1 unspecified atom stereocenters. The Balaban J connectivity index is 1.54. The first-order valence-electron chi connectivity index (χ1n) is 10.7. The van der Waals surface area contributed by atoms with E-state index in [0.717, 1.165) is 29.8 Å². The molecule has 29 heavy (non-hydrogen) atoms. The Morgan fingerprint density at radius 1 is 1.03 bits per heavy atom. The summed E-state index contributed by atoms with van der Waals surface area (Å²) in [5.41, 5.74) is 5.52. The summed E-state index contributed by atoms with van der Waals surface area (Å²) in [6.07, 6.45) is 4.67. The molecule has 1 amide bonds. The lowest BCUT2D eigenvalue weighted by molar-refractivity contribution is -0.118. The highest BCUT2D eigenvalue weighted by molar-refractivity contribution is 7.57. The predicted octanol–water partition coefficient (Wildman–Crippen LogP) is 5.70. The molecule has 1 aliphatic heterocycles. The Hall–Kier alpha value is -1.90. The van der Waals surface area contributed by atoms with Crippen LogP contribution < -0.4 is 4.90 Å². The molecule has 0 N–H and O–H groups in total. The number of nitrogens with zero attached hydrogens (tertiary/aromatic N) is 1. The molecule has 1 aliphatic carbocycles. The van der Waals surface area contributed by atoms with E-state index in [1.165, 1.54) is 24.0 Å². The summed E-state index contributed by atoms with van der Waals surface area (Å²) in [7, 11) is -2.83. The third kappa shape index (κ3) is 4.99. The maximum atomic E-state index is 13.6. The lowest BCUT2D eigenvalue weighted by atomic mass is 9.99. The second-order valence-corrected chi connectivity index (χ2v) is 11.0. The maximum absolute atomic E-state index is 13.6. The fraction of sp³-hybridized carbons (Fsp3) is 0.458. The number of carbonyl (C=O) groups is 1. The van der Waals surface area contributed by atoms with Gasteiger partial charge in [0.25, 0.3) is 0 Å². The monoisotopic (exact) mass is 411 g/mol. The summed E-state index contributed by atoms with van der Waals surface area (Å²) in [5.74, 6) is 0.897. The quantitative estimate of drug-likeness (QED) is 0.524. The number of benzene rings is 2. The highest BCUT2D eigenvalue weighted by Gasteiger charge is 2.31. The summed E-state index contributed by atoms with van der Waals surface area (Å²) >= 11 is 0. The number of rotatable bonds is 8. The Kier molecular flexibility index (Phi) is 5.94. The molecular formula is C24H30NO3P. The first-order chi connectivity index (χ1) is 14.0. The number of amides is 1. The third-order valence-corrected chi connectivity index (χ3v) is 8.24. The molecule has 0 aromatic heterocycles. The van der Waals surface area contributed by atoms with Crippen molar-refractivity contribution < 1.29 is 13.9 Å². The van der Waals surface area contributed by atoms with Crippen molar-refractivity contribution in [1.82, 2.24) is 0 Å². The van der Waals surface area contributed by atoms with Gasteiger partial charge in [0.2, 0.25) is 13.3 Å². The third-order valence-electron chi connectivity index (χ3n) is 5.81. The first kappa shape index (κ1) is 20.4. The van der Waals surface area contributed by atoms with Crippen LogP contribution in [0.5, 0.6) is 0 Å². The minimum atomic E-state index is -2.83. The van der Waals surface area contributed by atoms with Gasteiger partial charge in [0, 0.05) is 18.7 Å². The molecule has 0 spiro atoms. The molecule has 0 saturated heterocycles. The van der Waals surface area contributed by atoms with Gasteiger partial charge in [-0.3, -0.25) is 9.36 Å². The van der Waals surface area contributed by atoms with Crippen LogP contribution >= 0.6 is 7.37 Å². The van der Waals surface area contributed by atoms with Crippen molar-refractivity contribution in [2.75, 3.05) is 18.1 Å². The summed E-state index contributed by atoms with van der Waals surface area (Å²) in [4.78, 5) is 14.4. The molecule has 0 bridgehead atoms. The van der Waals surface area contributed by atoms with Gasteiger partial charge in [0.05, 0.1) is 18.9 Å². The van der Waals surface area contributed by atoms with Crippen LogP contribution in [0.25, 0.3) is 0 Å². The van der Waals surface area contributed by atoms with Crippen molar-refractivity contribution in [3.05, 3.63) is 64.7 Å². The van der Waals surface area contributed by atoms with Crippen LogP contribution in [0.2, 0.25) is 0 Å². The average molecular weight is 411 g/mol. The molecule has 1 saturated carbocycles. The Bertz CT molecular complexity index is 934. The lowest BCUT2D eigenvalue weighted by Crippen LogP contribution is -2.36. The zero-order valence-electron chi connectivity index (χ0n) is 17.4. The van der Waals surface area contributed by atoms with E-state index in [1.807, 2.05) is 36.1 Å². The van der Waals surface area contributed by atoms with Crippen molar-refractivity contribution in [3.63, 3.8) is 0 Å². The number of anilines is 1. The van der Waals surface area contributed by atoms with E-state index in [4.69, 9.17) is 4.52 Å². The lowest BCUT2D eigenvalue weighted by Gasteiger charge is -2.30. The van der Waals surface area contributed by atoms with Gasteiger partial charge in [0.1, 0.15) is 0 Å². The predicted molar refractivity (Wildman–Crippen MR) is 118 cm³/mol. The average Bonchev–Trinajstić information content (AvgIpc) is 3.50. The second kappa shape index (κ2) is 8.45. The fourth-order valence-corrected chi connectivity index (χ4v) is 6.39. The van der Waals surface area contributed by atoms with E-state index in [-0.39, 0.29) is 5.91 Å². The number of carbonyl (C=O) groups excluding carboxylic acids is 1.